The molecule has 0 spiro atoms. The molecule has 1 heterocycles. The summed E-state index contributed by atoms with van der Waals surface area (Å²) in [5.74, 6) is 0.129. The fourth-order valence-electron chi connectivity index (χ4n) is 1.09. The van der Waals surface area contributed by atoms with E-state index in [9.17, 15) is 4.79 Å². The van der Waals surface area contributed by atoms with E-state index >= 15 is 0 Å². The lowest BCUT2D eigenvalue weighted by Gasteiger charge is -2.04. The van der Waals surface area contributed by atoms with E-state index in [1.165, 1.54) is 11.3 Å². The summed E-state index contributed by atoms with van der Waals surface area (Å²) < 4.78 is 0. The maximum Gasteiger partial charge on any atom is 0.139 e. The fourth-order valence-corrected chi connectivity index (χ4v) is 2.03. The summed E-state index contributed by atoms with van der Waals surface area (Å²) in [5.41, 5.74) is 0. The molecule has 0 radical (unpaired) electrons. The fraction of sp³-hybridized carbons (Fsp3) is 0.625. The summed E-state index contributed by atoms with van der Waals surface area (Å²) in [6, 6.07) is 0. The van der Waals surface area contributed by atoms with E-state index in [0.717, 1.165) is 16.4 Å². The van der Waals surface area contributed by atoms with E-state index in [1.54, 1.807) is 6.92 Å². The first-order valence-corrected chi connectivity index (χ1v) is 4.77. The van der Waals surface area contributed by atoms with Gasteiger partial charge in [-0.25, -0.2) is 0 Å². The molecule has 0 N–H and O–H groups in total. The van der Waals surface area contributed by atoms with Crippen molar-refractivity contribution in [2.45, 2.75) is 33.1 Å². The number of nitrogens with zero attached hydrogens (tertiary/aromatic N) is 2. The summed E-state index contributed by atoms with van der Waals surface area (Å²) in [6.07, 6.45) is 0.809. The summed E-state index contributed by atoms with van der Waals surface area (Å²) in [6.45, 7) is 5.49. The summed E-state index contributed by atoms with van der Waals surface area (Å²) in [7, 11) is 0. The number of rotatable bonds is 3. The Morgan fingerprint density at radius 2 is 2.25 bits per heavy atom. The van der Waals surface area contributed by atoms with Crippen LogP contribution >= 0.6 is 11.3 Å². The molecule has 1 aromatic rings. The second-order valence-electron chi connectivity index (χ2n) is 2.73. The molecule has 66 valence electrons. The Bertz CT molecular complexity index is 282. The van der Waals surface area contributed by atoms with Crippen molar-refractivity contribution in [3.63, 3.8) is 0 Å². The number of hydrogen-bond acceptors (Lipinski definition) is 4. The third-order valence-corrected chi connectivity index (χ3v) is 2.69. The molecule has 1 atom stereocenters. The SMILES string of the molecule is CCC(C(C)=O)c1nnc(C)s1. The van der Waals surface area contributed by atoms with Crippen LogP contribution in [0.2, 0.25) is 0 Å². The van der Waals surface area contributed by atoms with Crippen molar-refractivity contribution in [2.75, 3.05) is 0 Å². The zero-order valence-corrected chi connectivity index (χ0v) is 8.31. The molecule has 0 aliphatic carbocycles. The topological polar surface area (TPSA) is 42.9 Å². The first-order chi connectivity index (χ1) is 5.65. The minimum atomic E-state index is -0.0452. The lowest BCUT2D eigenvalue weighted by atomic mass is 10.0. The highest BCUT2D eigenvalue weighted by molar-refractivity contribution is 7.11. The molecule has 0 amide bonds. The Morgan fingerprint density at radius 3 is 2.58 bits per heavy atom. The highest BCUT2D eigenvalue weighted by Crippen LogP contribution is 2.23. The van der Waals surface area contributed by atoms with Crippen LogP contribution < -0.4 is 0 Å². The highest BCUT2D eigenvalue weighted by Gasteiger charge is 2.18. The molecule has 0 saturated heterocycles. The number of aromatic nitrogens is 2. The van der Waals surface area contributed by atoms with Gasteiger partial charge < -0.3 is 0 Å². The zero-order chi connectivity index (χ0) is 9.14. The van der Waals surface area contributed by atoms with Crippen LogP contribution in [0.25, 0.3) is 0 Å². The van der Waals surface area contributed by atoms with Crippen molar-refractivity contribution < 1.29 is 4.79 Å². The summed E-state index contributed by atoms with van der Waals surface area (Å²) in [4.78, 5) is 11.1. The van der Waals surface area contributed by atoms with Crippen molar-refractivity contribution in [3.05, 3.63) is 10.0 Å². The van der Waals surface area contributed by atoms with Gasteiger partial charge in [0.2, 0.25) is 0 Å². The van der Waals surface area contributed by atoms with Crippen molar-refractivity contribution in [1.82, 2.24) is 10.2 Å². The lowest BCUT2D eigenvalue weighted by molar-refractivity contribution is -0.118. The van der Waals surface area contributed by atoms with E-state index in [2.05, 4.69) is 10.2 Å². The van der Waals surface area contributed by atoms with E-state index in [0.29, 0.717) is 0 Å². The van der Waals surface area contributed by atoms with Crippen LogP contribution in [-0.2, 0) is 4.79 Å². The zero-order valence-electron chi connectivity index (χ0n) is 7.50. The van der Waals surface area contributed by atoms with Gasteiger partial charge in [-0.2, -0.15) is 0 Å². The average Bonchev–Trinajstić information content (AvgIpc) is 2.37. The smallest absolute Gasteiger partial charge is 0.139 e. The van der Waals surface area contributed by atoms with E-state index < -0.39 is 0 Å². The van der Waals surface area contributed by atoms with E-state index in [4.69, 9.17) is 0 Å². The predicted molar refractivity (Wildman–Crippen MR) is 48.4 cm³/mol. The Morgan fingerprint density at radius 1 is 1.58 bits per heavy atom. The van der Waals surface area contributed by atoms with Crippen molar-refractivity contribution in [1.29, 1.82) is 0 Å². The molecule has 0 aliphatic heterocycles. The number of Topliss-reactive ketones (excluding diaryl/α,β-unsaturated/α-hetero) is 1. The van der Waals surface area contributed by atoms with E-state index in [-0.39, 0.29) is 11.7 Å². The second kappa shape index (κ2) is 3.76. The monoisotopic (exact) mass is 184 g/mol. The third-order valence-electron chi connectivity index (χ3n) is 1.74. The van der Waals surface area contributed by atoms with E-state index in [1.807, 2.05) is 13.8 Å². The molecule has 0 bridgehead atoms. The molecule has 0 aliphatic rings. The standard InChI is InChI=1S/C8H12N2OS/c1-4-7(5(2)11)8-10-9-6(3)12-8/h7H,4H2,1-3H3. The van der Waals surface area contributed by atoms with Crippen LogP contribution in [0.15, 0.2) is 0 Å². The summed E-state index contributed by atoms with van der Waals surface area (Å²) in [5, 5.41) is 9.61. The Labute approximate surface area is 75.8 Å². The van der Waals surface area contributed by atoms with Gasteiger partial charge in [0.05, 0.1) is 5.92 Å². The minimum absolute atomic E-state index is 0.0452. The Balaban J connectivity index is 2.87. The first kappa shape index (κ1) is 9.32. The van der Waals surface area contributed by atoms with Gasteiger partial charge in [0.25, 0.3) is 0 Å². The van der Waals surface area contributed by atoms with Gasteiger partial charge in [-0.15, -0.1) is 21.5 Å². The van der Waals surface area contributed by atoms with Crippen molar-refractivity contribution in [2.24, 2.45) is 0 Å². The number of hydrogen-bond donors (Lipinski definition) is 0. The molecule has 1 rings (SSSR count). The van der Waals surface area contributed by atoms with Crippen LogP contribution in [0.3, 0.4) is 0 Å². The molecular formula is C8H12N2OS. The average molecular weight is 184 g/mol. The third kappa shape index (κ3) is 1.88. The quantitative estimate of drug-likeness (QED) is 0.720. The van der Waals surface area contributed by atoms with Gasteiger partial charge in [-0.1, -0.05) is 6.92 Å². The molecule has 0 fully saturated rings. The molecule has 1 unspecified atom stereocenters. The number of aryl methyl sites for hydroxylation is 1. The van der Waals surface area contributed by atoms with Crippen LogP contribution in [0.1, 0.15) is 36.2 Å². The lowest BCUT2D eigenvalue weighted by Crippen LogP contribution is -2.06. The second-order valence-corrected chi connectivity index (χ2v) is 3.94. The van der Waals surface area contributed by atoms with Crippen LogP contribution in [0.4, 0.5) is 0 Å². The van der Waals surface area contributed by atoms with Crippen LogP contribution in [0.5, 0.6) is 0 Å². The molecule has 1 aromatic heterocycles. The van der Waals surface area contributed by atoms with Crippen LogP contribution in [0, 0.1) is 6.92 Å². The molecule has 3 nitrogen and oxygen atoms in total. The Kier molecular flexibility index (Phi) is 2.92. The molecule has 0 saturated carbocycles. The number of ketones is 1. The molecule has 12 heavy (non-hydrogen) atoms. The Hall–Kier alpha value is -0.770. The van der Waals surface area contributed by atoms with Crippen molar-refractivity contribution >= 4 is 17.1 Å². The van der Waals surface area contributed by atoms with Gasteiger partial charge in [-0.05, 0) is 20.3 Å². The number of carbonyl (C=O) groups excluding carboxylic acids is 1. The first-order valence-electron chi connectivity index (χ1n) is 3.95. The van der Waals surface area contributed by atoms with Gasteiger partial charge in [0.1, 0.15) is 15.8 Å². The van der Waals surface area contributed by atoms with Crippen LogP contribution in [-0.4, -0.2) is 16.0 Å². The van der Waals surface area contributed by atoms with Gasteiger partial charge in [0, 0.05) is 0 Å². The van der Waals surface area contributed by atoms with Gasteiger partial charge in [-0.3, -0.25) is 4.79 Å². The minimum Gasteiger partial charge on any atom is -0.299 e. The highest BCUT2D eigenvalue weighted by atomic mass is 32.1. The van der Waals surface area contributed by atoms with Gasteiger partial charge in [0.15, 0.2) is 0 Å². The molecule has 4 heteroatoms. The maximum atomic E-state index is 11.1. The normalized spacial score (nSPS) is 12.9. The van der Waals surface area contributed by atoms with Gasteiger partial charge >= 0.3 is 0 Å². The molecule has 0 aromatic carbocycles. The summed E-state index contributed by atoms with van der Waals surface area (Å²) >= 11 is 1.51. The maximum absolute atomic E-state index is 11.1. The molecular weight excluding hydrogens is 172 g/mol. The number of carbonyl (C=O) groups is 1. The largest absolute Gasteiger partial charge is 0.299 e. The predicted octanol–water partition coefficient (Wildman–Crippen LogP) is 1.93. The van der Waals surface area contributed by atoms with Crippen molar-refractivity contribution in [3.8, 4) is 0 Å².